The van der Waals surface area contributed by atoms with Crippen LogP contribution in [0.5, 0.6) is 0 Å². The van der Waals surface area contributed by atoms with Crippen molar-refractivity contribution in [2.45, 2.75) is 39.7 Å². The zero-order valence-electron chi connectivity index (χ0n) is 11.9. The van der Waals surface area contributed by atoms with Crippen molar-refractivity contribution in [3.05, 3.63) is 29.8 Å². The summed E-state index contributed by atoms with van der Waals surface area (Å²) in [5.74, 6) is 0.814. The van der Waals surface area contributed by atoms with Gasteiger partial charge in [-0.25, -0.2) is 0 Å². The Morgan fingerprint density at radius 2 is 1.83 bits per heavy atom. The third-order valence-corrected chi connectivity index (χ3v) is 4.23. The monoisotopic (exact) mass is 246 g/mol. The van der Waals surface area contributed by atoms with Crippen molar-refractivity contribution in [3.63, 3.8) is 0 Å². The first kappa shape index (κ1) is 13.4. The number of likely N-dealkylation sites (tertiary alicyclic amines) is 1. The molecule has 1 fully saturated rings. The van der Waals surface area contributed by atoms with Crippen LogP contribution in [0.25, 0.3) is 0 Å². The third-order valence-electron chi connectivity index (χ3n) is 4.23. The van der Waals surface area contributed by atoms with E-state index in [0.717, 1.165) is 5.92 Å². The topological polar surface area (TPSA) is 15.3 Å². The summed E-state index contributed by atoms with van der Waals surface area (Å²) in [5, 5.41) is 3.65. The van der Waals surface area contributed by atoms with Gasteiger partial charge in [-0.15, -0.1) is 0 Å². The number of piperidine rings is 1. The van der Waals surface area contributed by atoms with Crippen molar-refractivity contribution in [1.29, 1.82) is 0 Å². The second-order valence-corrected chi connectivity index (χ2v) is 5.57. The van der Waals surface area contributed by atoms with Crippen LogP contribution >= 0.6 is 0 Å². The van der Waals surface area contributed by atoms with Gasteiger partial charge in [0.1, 0.15) is 0 Å². The van der Waals surface area contributed by atoms with E-state index in [0.29, 0.717) is 6.04 Å². The molecule has 1 unspecified atom stereocenters. The van der Waals surface area contributed by atoms with Gasteiger partial charge in [-0.05, 0) is 64.4 Å². The first-order chi connectivity index (χ1) is 8.69. The van der Waals surface area contributed by atoms with Crippen molar-refractivity contribution in [3.8, 4) is 0 Å². The molecule has 1 atom stereocenters. The lowest BCUT2D eigenvalue weighted by molar-refractivity contribution is 0.183. The van der Waals surface area contributed by atoms with E-state index in [1.807, 2.05) is 0 Å². The van der Waals surface area contributed by atoms with Gasteiger partial charge in [-0.2, -0.15) is 0 Å². The van der Waals surface area contributed by atoms with Crippen molar-refractivity contribution in [2.24, 2.45) is 5.92 Å². The molecular formula is C16H26N2. The summed E-state index contributed by atoms with van der Waals surface area (Å²) in [4.78, 5) is 2.55. The lowest BCUT2D eigenvalue weighted by atomic mass is 9.90. The quantitative estimate of drug-likeness (QED) is 0.874. The maximum atomic E-state index is 3.65. The smallest absolute Gasteiger partial charge is 0.0342 e. The predicted octanol–water partition coefficient (Wildman–Crippen LogP) is 3.53. The highest BCUT2D eigenvalue weighted by Gasteiger charge is 2.22. The van der Waals surface area contributed by atoms with Gasteiger partial charge in [0, 0.05) is 11.7 Å². The summed E-state index contributed by atoms with van der Waals surface area (Å²) in [6, 6.07) is 9.30. The summed E-state index contributed by atoms with van der Waals surface area (Å²) < 4.78 is 0. The molecule has 2 rings (SSSR count). The molecule has 2 nitrogen and oxygen atoms in total. The van der Waals surface area contributed by atoms with E-state index in [4.69, 9.17) is 0 Å². The van der Waals surface area contributed by atoms with Crippen molar-refractivity contribution in [1.82, 2.24) is 4.90 Å². The third kappa shape index (κ3) is 3.49. The minimum Gasteiger partial charge on any atom is -0.382 e. The van der Waals surface area contributed by atoms with Crippen molar-refractivity contribution >= 4 is 5.69 Å². The van der Waals surface area contributed by atoms with Crippen molar-refractivity contribution in [2.75, 3.05) is 25.0 Å². The Labute approximate surface area is 111 Å². The van der Waals surface area contributed by atoms with Crippen LogP contribution < -0.4 is 5.32 Å². The molecule has 1 saturated heterocycles. The SMILES string of the molecule is CCN1CCC(C(C)Nc2ccc(C)cc2)CC1. The van der Waals surface area contributed by atoms with Gasteiger partial charge < -0.3 is 10.2 Å². The number of anilines is 1. The fraction of sp³-hybridized carbons (Fsp3) is 0.625. The van der Waals surface area contributed by atoms with E-state index < -0.39 is 0 Å². The van der Waals surface area contributed by atoms with E-state index in [-0.39, 0.29) is 0 Å². The molecule has 0 saturated carbocycles. The van der Waals surface area contributed by atoms with E-state index in [1.165, 1.54) is 43.7 Å². The van der Waals surface area contributed by atoms with Gasteiger partial charge in [-0.3, -0.25) is 0 Å². The Bertz CT molecular complexity index is 350. The molecule has 0 radical (unpaired) electrons. The fourth-order valence-corrected chi connectivity index (χ4v) is 2.80. The highest BCUT2D eigenvalue weighted by atomic mass is 15.1. The second-order valence-electron chi connectivity index (χ2n) is 5.57. The summed E-state index contributed by atoms with van der Waals surface area (Å²) in [7, 11) is 0. The zero-order valence-corrected chi connectivity index (χ0v) is 11.9. The van der Waals surface area contributed by atoms with Crippen LogP contribution in [0.4, 0.5) is 5.69 Å². The van der Waals surface area contributed by atoms with E-state index in [9.17, 15) is 0 Å². The Balaban J connectivity index is 1.85. The molecule has 1 heterocycles. The molecule has 1 aromatic carbocycles. The molecule has 100 valence electrons. The summed E-state index contributed by atoms with van der Waals surface area (Å²) in [6.07, 6.45) is 2.65. The Hall–Kier alpha value is -1.02. The molecule has 18 heavy (non-hydrogen) atoms. The number of rotatable bonds is 4. The minimum atomic E-state index is 0.576. The number of hydrogen-bond acceptors (Lipinski definition) is 2. The molecule has 0 aliphatic carbocycles. The minimum absolute atomic E-state index is 0.576. The van der Waals surface area contributed by atoms with Gasteiger partial charge in [-0.1, -0.05) is 24.6 Å². The number of aryl methyl sites for hydroxylation is 1. The van der Waals surface area contributed by atoms with Crippen LogP contribution in [0.1, 0.15) is 32.3 Å². The maximum Gasteiger partial charge on any atom is 0.0342 e. The highest BCUT2D eigenvalue weighted by molar-refractivity contribution is 5.45. The Morgan fingerprint density at radius 3 is 2.39 bits per heavy atom. The van der Waals surface area contributed by atoms with Gasteiger partial charge >= 0.3 is 0 Å². The van der Waals surface area contributed by atoms with Gasteiger partial charge in [0.05, 0.1) is 0 Å². The standard InChI is InChI=1S/C16H26N2/c1-4-18-11-9-15(10-12-18)14(3)17-16-7-5-13(2)6-8-16/h5-8,14-15,17H,4,9-12H2,1-3H3. The molecule has 1 N–H and O–H groups in total. The average Bonchev–Trinajstić information content (AvgIpc) is 2.41. The average molecular weight is 246 g/mol. The number of hydrogen-bond donors (Lipinski definition) is 1. The lowest BCUT2D eigenvalue weighted by Gasteiger charge is -2.34. The summed E-state index contributed by atoms with van der Waals surface area (Å²) in [6.45, 7) is 10.4. The van der Waals surface area contributed by atoms with Crippen LogP contribution in [-0.4, -0.2) is 30.6 Å². The van der Waals surface area contributed by atoms with E-state index in [1.54, 1.807) is 0 Å². The fourth-order valence-electron chi connectivity index (χ4n) is 2.80. The number of benzene rings is 1. The molecule has 0 aromatic heterocycles. The first-order valence-electron chi connectivity index (χ1n) is 7.24. The van der Waals surface area contributed by atoms with Crippen LogP contribution in [-0.2, 0) is 0 Å². The largest absolute Gasteiger partial charge is 0.382 e. The highest BCUT2D eigenvalue weighted by Crippen LogP contribution is 2.23. The van der Waals surface area contributed by atoms with Gasteiger partial charge in [0.15, 0.2) is 0 Å². The molecule has 1 aliphatic heterocycles. The lowest BCUT2D eigenvalue weighted by Crippen LogP contribution is -2.39. The second kappa shape index (κ2) is 6.24. The molecular weight excluding hydrogens is 220 g/mol. The molecule has 0 amide bonds. The molecule has 2 heteroatoms. The van der Waals surface area contributed by atoms with Crippen LogP contribution in [0, 0.1) is 12.8 Å². The zero-order chi connectivity index (χ0) is 13.0. The summed E-state index contributed by atoms with van der Waals surface area (Å²) >= 11 is 0. The van der Waals surface area contributed by atoms with Gasteiger partial charge in [0.25, 0.3) is 0 Å². The van der Waals surface area contributed by atoms with E-state index >= 15 is 0 Å². The molecule has 0 spiro atoms. The Kier molecular flexibility index (Phi) is 4.65. The van der Waals surface area contributed by atoms with E-state index in [2.05, 4.69) is 55.3 Å². The molecule has 1 aromatic rings. The number of nitrogens with one attached hydrogen (secondary N) is 1. The van der Waals surface area contributed by atoms with Crippen LogP contribution in [0.15, 0.2) is 24.3 Å². The Morgan fingerprint density at radius 1 is 1.22 bits per heavy atom. The van der Waals surface area contributed by atoms with Crippen LogP contribution in [0.3, 0.4) is 0 Å². The van der Waals surface area contributed by atoms with Crippen molar-refractivity contribution < 1.29 is 0 Å². The van der Waals surface area contributed by atoms with Gasteiger partial charge in [0.2, 0.25) is 0 Å². The predicted molar refractivity (Wildman–Crippen MR) is 79.1 cm³/mol. The number of nitrogens with zero attached hydrogens (tertiary/aromatic N) is 1. The first-order valence-corrected chi connectivity index (χ1v) is 7.24. The maximum absolute atomic E-state index is 3.65. The molecule has 0 bridgehead atoms. The summed E-state index contributed by atoms with van der Waals surface area (Å²) in [5.41, 5.74) is 2.58. The molecule has 1 aliphatic rings. The van der Waals surface area contributed by atoms with Crippen LogP contribution in [0.2, 0.25) is 0 Å². The normalized spacial score (nSPS) is 19.7.